The van der Waals surface area contributed by atoms with Gasteiger partial charge in [0.1, 0.15) is 11.7 Å². The third-order valence-electron chi connectivity index (χ3n) is 11.0. The molecule has 2 bridgehead atoms. The normalized spacial score (nSPS) is 42.2. The Bertz CT molecular complexity index is 1120. The van der Waals surface area contributed by atoms with Crippen molar-refractivity contribution in [3.63, 3.8) is 0 Å². The fourth-order valence-corrected chi connectivity index (χ4v) is 8.35. The molecule has 1 saturated heterocycles. The summed E-state index contributed by atoms with van der Waals surface area (Å²) in [6.45, 7) is 11.5. The zero-order chi connectivity index (χ0) is 27.5. The summed E-state index contributed by atoms with van der Waals surface area (Å²) in [6.07, 6.45) is 6.09. The summed E-state index contributed by atoms with van der Waals surface area (Å²) in [6, 6.07) is 9.82. The molecule has 1 aromatic rings. The van der Waals surface area contributed by atoms with Crippen molar-refractivity contribution in [1.29, 1.82) is 0 Å². The smallest absolute Gasteiger partial charge is 0.153 e. The second kappa shape index (κ2) is 9.67. The van der Waals surface area contributed by atoms with E-state index in [2.05, 4.69) is 62.6 Å². The molecule has 5 rings (SSSR count). The number of aliphatic hydroxyl groups is 3. The third kappa shape index (κ3) is 3.90. The van der Waals surface area contributed by atoms with Crippen LogP contribution in [0.1, 0.15) is 59.4 Å². The molecular weight excluding hydrogens is 476 g/mol. The molecule has 4 aliphatic rings. The lowest BCUT2D eigenvalue weighted by atomic mass is 9.59. The van der Waals surface area contributed by atoms with Crippen molar-refractivity contribution in [2.45, 2.75) is 83.6 Å². The molecule has 6 heteroatoms. The highest BCUT2D eigenvalue weighted by Gasteiger charge is 2.71. The van der Waals surface area contributed by atoms with Crippen molar-refractivity contribution < 1.29 is 20.1 Å². The Morgan fingerprint density at radius 3 is 2.47 bits per heavy atom. The summed E-state index contributed by atoms with van der Waals surface area (Å²) in [4.78, 5) is 14.6. The molecule has 38 heavy (non-hydrogen) atoms. The fraction of sp³-hybridized carbons (Fsp3) is 0.656. The van der Waals surface area contributed by atoms with E-state index in [-0.39, 0.29) is 28.6 Å². The predicted octanol–water partition coefficient (Wildman–Crippen LogP) is 3.17. The number of carbonyl (C=O) groups is 1. The number of ketones is 1. The van der Waals surface area contributed by atoms with Gasteiger partial charge in [-0.2, -0.15) is 0 Å². The van der Waals surface area contributed by atoms with Gasteiger partial charge in [0.2, 0.25) is 0 Å². The highest BCUT2D eigenvalue weighted by molar-refractivity contribution is 5.95. The van der Waals surface area contributed by atoms with Crippen LogP contribution >= 0.6 is 0 Å². The van der Waals surface area contributed by atoms with Gasteiger partial charge in [-0.15, -0.1) is 0 Å². The topological polar surface area (TPSA) is 102 Å². The maximum atomic E-state index is 14.6. The lowest BCUT2D eigenvalue weighted by Gasteiger charge is -2.50. The number of benzene rings is 1. The Balaban J connectivity index is 1.56. The van der Waals surface area contributed by atoms with Crippen LogP contribution in [-0.2, 0) is 11.2 Å². The van der Waals surface area contributed by atoms with E-state index >= 15 is 0 Å². The number of aliphatic hydroxyl groups excluding tert-OH is 2. The Hall–Kier alpha value is -1.83. The molecule has 7 unspecified atom stereocenters. The van der Waals surface area contributed by atoms with Gasteiger partial charge in [0.15, 0.2) is 5.78 Å². The molecule has 0 aromatic heterocycles. The van der Waals surface area contributed by atoms with Gasteiger partial charge < -0.3 is 26.0 Å². The molecule has 0 amide bonds. The van der Waals surface area contributed by atoms with Crippen LogP contribution in [0.25, 0.3) is 0 Å². The Morgan fingerprint density at radius 1 is 1.13 bits per heavy atom. The molecule has 3 aliphatic carbocycles. The first kappa shape index (κ1) is 27.7. The molecule has 8 atom stereocenters. The molecular formula is C32H46N2O4. The first-order valence-electron chi connectivity index (χ1n) is 14.4. The minimum atomic E-state index is -1.80. The largest absolute Gasteiger partial charge is 0.392 e. The number of Topliss-reactive ketones (excluding diaryl/α,β-unsaturated/α-hetero) is 1. The average molecular weight is 523 g/mol. The molecule has 0 radical (unpaired) electrons. The predicted molar refractivity (Wildman–Crippen MR) is 149 cm³/mol. The van der Waals surface area contributed by atoms with Crippen LogP contribution in [0.15, 0.2) is 53.6 Å². The van der Waals surface area contributed by atoms with E-state index in [1.165, 1.54) is 5.56 Å². The monoisotopic (exact) mass is 522 g/mol. The number of hydrogen-bond donors (Lipinski definition) is 5. The second-order valence-electron chi connectivity index (χ2n) is 13.4. The SMILES string of the molecule is CC1=CC23C(=O)C(C=C(CO)C(O)C2(O)C1NCC1(Cc2ccccc2)CCCN1)C(C)(C)C(C)C[C@H]3C. The fourth-order valence-electron chi connectivity index (χ4n) is 8.35. The third-order valence-corrected chi connectivity index (χ3v) is 11.0. The van der Waals surface area contributed by atoms with Gasteiger partial charge >= 0.3 is 0 Å². The number of allylic oxidation sites excluding steroid dienone is 1. The van der Waals surface area contributed by atoms with Crippen LogP contribution in [0, 0.1) is 28.6 Å². The quantitative estimate of drug-likeness (QED) is 0.368. The summed E-state index contributed by atoms with van der Waals surface area (Å²) in [7, 11) is 0. The molecule has 1 spiro atoms. The second-order valence-corrected chi connectivity index (χ2v) is 13.4. The van der Waals surface area contributed by atoms with Gasteiger partial charge in [0, 0.05) is 18.0 Å². The Labute approximate surface area is 227 Å². The van der Waals surface area contributed by atoms with Crippen molar-refractivity contribution in [3.8, 4) is 0 Å². The number of fused-ring (bicyclic) bond motifs is 1. The van der Waals surface area contributed by atoms with Crippen LogP contribution in [0.4, 0.5) is 0 Å². The van der Waals surface area contributed by atoms with Crippen molar-refractivity contribution in [3.05, 3.63) is 59.2 Å². The van der Waals surface area contributed by atoms with E-state index < -0.39 is 35.7 Å². The zero-order valence-electron chi connectivity index (χ0n) is 23.6. The molecule has 1 aliphatic heterocycles. The van der Waals surface area contributed by atoms with E-state index in [0.29, 0.717) is 12.1 Å². The molecule has 208 valence electrons. The summed E-state index contributed by atoms with van der Waals surface area (Å²) in [5.41, 5.74) is -1.13. The maximum Gasteiger partial charge on any atom is 0.153 e. The molecule has 1 aromatic carbocycles. The van der Waals surface area contributed by atoms with Gasteiger partial charge in [-0.1, -0.05) is 75.8 Å². The van der Waals surface area contributed by atoms with Crippen LogP contribution in [0.5, 0.6) is 0 Å². The molecule has 6 nitrogen and oxygen atoms in total. The minimum absolute atomic E-state index is 0.0361. The van der Waals surface area contributed by atoms with E-state index in [9.17, 15) is 20.1 Å². The number of hydrogen-bond acceptors (Lipinski definition) is 6. The van der Waals surface area contributed by atoms with Gasteiger partial charge in [-0.25, -0.2) is 0 Å². The zero-order valence-corrected chi connectivity index (χ0v) is 23.6. The van der Waals surface area contributed by atoms with Gasteiger partial charge in [-0.3, -0.25) is 4.79 Å². The molecule has 5 N–H and O–H groups in total. The van der Waals surface area contributed by atoms with Crippen LogP contribution < -0.4 is 10.6 Å². The van der Waals surface area contributed by atoms with Gasteiger partial charge in [-0.05, 0) is 67.5 Å². The van der Waals surface area contributed by atoms with E-state index in [1.54, 1.807) is 6.08 Å². The number of rotatable bonds is 6. The molecule has 1 saturated carbocycles. The van der Waals surface area contributed by atoms with Crippen molar-refractivity contribution in [2.24, 2.45) is 28.6 Å². The first-order valence-corrected chi connectivity index (χ1v) is 14.4. The number of nitrogens with one attached hydrogen (secondary N) is 2. The van der Waals surface area contributed by atoms with Gasteiger partial charge in [0.05, 0.1) is 18.1 Å². The van der Waals surface area contributed by atoms with Crippen molar-refractivity contribution >= 4 is 5.78 Å². The van der Waals surface area contributed by atoms with Gasteiger partial charge in [0.25, 0.3) is 0 Å². The lowest BCUT2D eigenvalue weighted by molar-refractivity contribution is -0.170. The van der Waals surface area contributed by atoms with E-state index in [1.807, 2.05) is 19.1 Å². The lowest BCUT2D eigenvalue weighted by Crippen LogP contribution is -2.69. The highest BCUT2D eigenvalue weighted by Crippen LogP contribution is 2.62. The number of carbonyl (C=O) groups excluding carboxylic acids is 1. The standard InChI is InChI=1S/C32H46N2O4/c1-20-16-31-22(3)14-21(2)29(4,5)25(28(31)37)15-24(18-35)27(36)32(31,38)26(20)33-19-30(12-9-13-34-30)17-23-10-7-6-8-11-23/h6-8,10-11,15-16,21-22,25-27,33-36,38H,9,12-14,17-19H2,1-5H3/t21?,22-,25?,26?,27?,30?,31?,32?/m1/s1. The summed E-state index contributed by atoms with van der Waals surface area (Å²) in [5, 5.41) is 42.4. The summed E-state index contributed by atoms with van der Waals surface area (Å²) < 4.78 is 0. The van der Waals surface area contributed by atoms with Crippen LogP contribution in [0.3, 0.4) is 0 Å². The maximum absolute atomic E-state index is 14.6. The Morgan fingerprint density at radius 2 is 1.84 bits per heavy atom. The molecule has 2 fully saturated rings. The first-order chi connectivity index (χ1) is 17.9. The minimum Gasteiger partial charge on any atom is -0.392 e. The van der Waals surface area contributed by atoms with Crippen molar-refractivity contribution in [1.82, 2.24) is 10.6 Å². The highest BCUT2D eigenvalue weighted by atomic mass is 16.3. The van der Waals surface area contributed by atoms with Crippen LogP contribution in [0.2, 0.25) is 0 Å². The Kier molecular flexibility index (Phi) is 7.05. The van der Waals surface area contributed by atoms with E-state index in [4.69, 9.17) is 0 Å². The molecule has 1 heterocycles. The van der Waals surface area contributed by atoms with Crippen molar-refractivity contribution in [2.75, 3.05) is 19.7 Å². The average Bonchev–Trinajstić information content (AvgIpc) is 3.40. The van der Waals surface area contributed by atoms with Crippen LogP contribution in [-0.4, -0.2) is 64.1 Å². The summed E-state index contributed by atoms with van der Waals surface area (Å²) in [5.74, 6) is -0.493. The summed E-state index contributed by atoms with van der Waals surface area (Å²) >= 11 is 0. The van der Waals surface area contributed by atoms with E-state index in [0.717, 1.165) is 37.8 Å².